The average molecular weight is 282 g/mol. The zero-order chi connectivity index (χ0) is 14.4. The van der Waals surface area contributed by atoms with Gasteiger partial charge in [-0.05, 0) is 25.7 Å². The largest absolute Gasteiger partial charge is 0.381 e. The molecule has 1 heterocycles. The number of ether oxygens (including phenoxy) is 1. The number of carbonyl (C=O) groups excluding carboxylic acids is 1. The minimum Gasteiger partial charge on any atom is -0.381 e. The molecule has 1 saturated heterocycles. The molecule has 20 heavy (non-hydrogen) atoms. The van der Waals surface area contributed by atoms with E-state index in [0.717, 1.165) is 32.2 Å². The van der Waals surface area contributed by atoms with Gasteiger partial charge in [0.2, 0.25) is 5.91 Å². The van der Waals surface area contributed by atoms with Crippen molar-refractivity contribution >= 4 is 5.91 Å². The molecule has 0 aromatic carbocycles. The predicted molar refractivity (Wildman–Crippen MR) is 80.4 cm³/mol. The number of methoxy groups -OCH3 is 1. The Hall–Kier alpha value is -0.610. The molecule has 1 saturated carbocycles. The summed E-state index contributed by atoms with van der Waals surface area (Å²) in [7, 11) is 1.75. The Bertz CT molecular complexity index is 301. The molecule has 1 amide bonds. The van der Waals surface area contributed by atoms with Gasteiger partial charge in [0.05, 0.1) is 6.10 Å². The second-order valence-electron chi connectivity index (χ2n) is 6.35. The highest BCUT2D eigenvalue weighted by molar-refractivity contribution is 5.79. The third kappa shape index (κ3) is 3.95. The van der Waals surface area contributed by atoms with Crippen LogP contribution < -0.4 is 5.73 Å². The fraction of sp³-hybridized carbons (Fsp3) is 0.938. The zero-order valence-electron chi connectivity index (χ0n) is 12.9. The summed E-state index contributed by atoms with van der Waals surface area (Å²) in [6.45, 7) is 1.37. The monoisotopic (exact) mass is 282 g/mol. The van der Waals surface area contributed by atoms with Crippen LogP contribution >= 0.6 is 0 Å². The lowest BCUT2D eigenvalue weighted by molar-refractivity contribution is -0.141. The quantitative estimate of drug-likeness (QED) is 0.864. The Balaban J connectivity index is 1.95. The van der Waals surface area contributed by atoms with E-state index in [2.05, 4.69) is 4.90 Å². The van der Waals surface area contributed by atoms with Crippen LogP contribution in [-0.2, 0) is 9.53 Å². The first kappa shape index (κ1) is 15.8. The minimum atomic E-state index is 0.173. The molecule has 1 aliphatic heterocycles. The molecule has 0 spiro atoms. The molecule has 2 N–H and O–H groups in total. The third-order valence-electron chi connectivity index (χ3n) is 5.01. The summed E-state index contributed by atoms with van der Waals surface area (Å²) in [6, 6.07) is 0.173. The number of hydrogen-bond acceptors (Lipinski definition) is 3. The maximum Gasteiger partial charge on any atom is 0.225 e. The Morgan fingerprint density at radius 2 is 1.80 bits per heavy atom. The van der Waals surface area contributed by atoms with E-state index in [4.69, 9.17) is 10.5 Å². The highest BCUT2D eigenvalue weighted by Gasteiger charge is 2.33. The van der Waals surface area contributed by atoms with E-state index in [1.807, 2.05) is 0 Å². The van der Waals surface area contributed by atoms with E-state index in [1.165, 1.54) is 32.1 Å². The van der Waals surface area contributed by atoms with Crippen molar-refractivity contribution in [3.8, 4) is 0 Å². The lowest BCUT2D eigenvalue weighted by Crippen LogP contribution is -2.52. The number of piperidine rings is 1. The molecule has 4 nitrogen and oxygen atoms in total. The van der Waals surface area contributed by atoms with Crippen LogP contribution in [0, 0.1) is 5.92 Å². The zero-order valence-corrected chi connectivity index (χ0v) is 12.9. The van der Waals surface area contributed by atoms with Gasteiger partial charge >= 0.3 is 0 Å². The Morgan fingerprint density at radius 3 is 2.40 bits per heavy atom. The van der Waals surface area contributed by atoms with E-state index in [0.29, 0.717) is 12.5 Å². The number of rotatable bonds is 3. The molecule has 0 radical (unpaired) electrons. The van der Waals surface area contributed by atoms with Crippen molar-refractivity contribution in [1.29, 1.82) is 0 Å². The van der Waals surface area contributed by atoms with Gasteiger partial charge in [0.25, 0.3) is 0 Å². The molecular formula is C16H30N2O2. The number of hydrogen-bond donors (Lipinski definition) is 1. The molecular weight excluding hydrogens is 252 g/mol. The number of nitrogens with zero attached hydrogens (tertiary/aromatic N) is 1. The molecule has 0 aromatic heterocycles. The van der Waals surface area contributed by atoms with Gasteiger partial charge in [-0.15, -0.1) is 0 Å². The van der Waals surface area contributed by atoms with E-state index in [-0.39, 0.29) is 18.1 Å². The van der Waals surface area contributed by atoms with Crippen LogP contribution in [0.2, 0.25) is 0 Å². The van der Waals surface area contributed by atoms with Crippen molar-refractivity contribution in [2.45, 2.75) is 69.9 Å². The SMILES string of the molecule is COC1CCN(C(=O)C2CCCCCCC2)C(CN)C1. The topological polar surface area (TPSA) is 55.6 Å². The molecule has 4 heteroatoms. The highest BCUT2D eigenvalue weighted by Crippen LogP contribution is 2.27. The van der Waals surface area contributed by atoms with Crippen molar-refractivity contribution in [2.24, 2.45) is 11.7 Å². The average Bonchev–Trinajstić information content (AvgIpc) is 2.45. The van der Waals surface area contributed by atoms with Crippen LogP contribution in [-0.4, -0.2) is 43.2 Å². The number of amides is 1. The first-order chi connectivity index (χ1) is 9.76. The Kier molecular flexibility index (Phi) is 6.30. The summed E-state index contributed by atoms with van der Waals surface area (Å²) in [5, 5.41) is 0. The first-order valence-corrected chi connectivity index (χ1v) is 8.29. The van der Waals surface area contributed by atoms with Gasteiger partial charge in [-0.25, -0.2) is 0 Å². The van der Waals surface area contributed by atoms with Gasteiger partial charge in [0, 0.05) is 32.2 Å². The van der Waals surface area contributed by atoms with Crippen molar-refractivity contribution < 1.29 is 9.53 Å². The third-order valence-corrected chi connectivity index (χ3v) is 5.01. The molecule has 2 unspecified atom stereocenters. The molecule has 0 aromatic rings. The van der Waals surface area contributed by atoms with Crippen LogP contribution in [0.15, 0.2) is 0 Å². The summed E-state index contributed by atoms with van der Waals surface area (Å²) < 4.78 is 5.44. The molecule has 1 aliphatic carbocycles. The molecule has 2 fully saturated rings. The lowest BCUT2D eigenvalue weighted by atomic mass is 9.88. The van der Waals surface area contributed by atoms with Crippen LogP contribution in [0.5, 0.6) is 0 Å². The molecule has 0 bridgehead atoms. The van der Waals surface area contributed by atoms with Crippen molar-refractivity contribution in [3.63, 3.8) is 0 Å². The fourth-order valence-electron chi connectivity index (χ4n) is 3.68. The van der Waals surface area contributed by atoms with Gasteiger partial charge in [0.15, 0.2) is 0 Å². The Labute approximate surface area is 123 Å². The van der Waals surface area contributed by atoms with Gasteiger partial charge in [0.1, 0.15) is 0 Å². The molecule has 116 valence electrons. The minimum absolute atomic E-state index is 0.173. The van der Waals surface area contributed by atoms with E-state index < -0.39 is 0 Å². The molecule has 2 rings (SSSR count). The van der Waals surface area contributed by atoms with Crippen molar-refractivity contribution in [3.05, 3.63) is 0 Å². The maximum absolute atomic E-state index is 12.8. The molecule has 2 aliphatic rings. The Morgan fingerprint density at radius 1 is 1.15 bits per heavy atom. The van der Waals surface area contributed by atoms with Crippen LogP contribution in [0.1, 0.15) is 57.8 Å². The summed E-state index contributed by atoms with van der Waals surface area (Å²) in [6.07, 6.45) is 10.6. The van der Waals surface area contributed by atoms with Crippen LogP contribution in [0.4, 0.5) is 0 Å². The normalized spacial score (nSPS) is 29.8. The van der Waals surface area contributed by atoms with E-state index >= 15 is 0 Å². The second-order valence-corrected chi connectivity index (χ2v) is 6.35. The summed E-state index contributed by atoms with van der Waals surface area (Å²) >= 11 is 0. The van der Waals surface area contributed by atoms with Gasteiger partial charge in [-0.1, -0.05) is 32.1 Å². The van der Waals surface area contributed by atoms with Crippen LogP contribution in [0.25, 0.3) is 0 Å². The number of likely N-dealkylation sites (tertiary alicyclic amines) is 1. The molecule has 2 atom stereocenters. The summed E-state index contributed by atoms with van der Waals surface area (Å²) in [5.41, 5.74) is 5.88. The first-order valence-electron chi connectivity index (χ1n) is 8.29. The smallest absolute Gasteiger partial charge is 0.225 e. The van der Waals surface area contributed by atoms with Gasteiger partial charge in [-0.3, -0.25) is 4.79 Å². The number of nitrogens with two attached hydrogens (primary N) is 1. The fourth-order valence-corrected chi connectivity index (χ4v) is 3.68. The number of carbonyl (C=O) groups is 1. The van der Waals surface area contributed by atoms with E-state index in [1.54, 1.807) is 7.11 Å². The second kappa shape index (κ2) is 7.99. The van der Waals surface area contributed by atoms with Crippen LogP contribution in [0.3, 0.4) is 0 Å². The summed E-state index contributed by atoms with van der Waals surface area (Å²) in [4.78, 5) is 14.9. The standard InChI is InChI=1S/C16H30N2O2/c1-20-15-9-10-18(14(11-15)12-17)16(19)13-7-5-3-2-4-6-8-13/h13-15H,2-12,17H2,1H3. The van der Waals surface area contributed by atoms with Crippen molar-refractivity contribution in [2.75, 3.05) is 20.2 Å². The summed E-state index contributed by atoms with van der Waals surface area (Å²) in [5.74, 6) is 0.598. The predicted octanol–water partition coefficient (Wildman–Crippen LogP) is 2.31. The lowest BCUT2D eigenvalue weighted by Gasteiger charge is -2.40. The van der Waals surface area contributed by atoms with Gasteiger partial charge < -0.3 is 15.4 Å². The van der Waals surface area contributed by atoms with Crippen molar-refractivity contribution in [1.82, 2.24) is 4.90 Å². The highest BCUT2D eigenvalue weighted by atomic mass is 16.5. The maximum atomic E-state index is 12.8. The van der Waals surface area contributed by atoms with Gasteiger partial charge in [-0.2, -0.15) is 0 Å². The van der Waals surface area contributed by atoms with E-state index in [9.17, 15) is 4.79 Å².